The molecule has 0 aliphatic carbocycles. The maximum absolute atomic E-state index is 5.46. The fourth-order valence-corrected chi connectivity index (χ4v) is 3.53. The summed E-state index contributed by atoms with van der Waals surface area (Å²) in [6.07, 6.45) is 2.27. The third kappa shape index (κ3) is 3.86. The molecule has 3 aromatic rings. The number of fused-ring (bicyclic) bond motifs is 3. The molecule has 26 heavy (non-hydrogen) atoms. The van der Waals surface area contributed by atoms with Gasteiger partial charge in [0.15, 0.2) is 0 Å². The van der Waals surface area contributed by atoms with E-state index < -0.39 is 0 Å². The van der Waals surface area contributed by atoms with E-state index in [0.717, 1.165) is 50.7 Å². The van der Waals surface area contributed by atoms with E-state index in [1.165, 1.54) is 11.2 Å². The maximum atomic E-state index is 5.46. The highest BCUT2D eigenvalue weighted by molar-refractivity contribution is 5.85. The van der Waals surface area contributed by atoms with Crippen molar-refractivity contribution in [1.82, 2.24) is 18.9 Å². The van der Waals surface area contributed by atoms with E-state index >= 15 is 0 Å². The lowest BCUT2D eigenvalue weighted by molar-refractivity contribution is 0.0363. The van der Waals surface area contributed by atoms with Crippen LogP contribution in [0.3, 0.4) is 0 Å². The number of hydrogen-bond donors (Lipinski definition) is 0. The average Bonchev–Trinajstić information content (AvgIpc) is 3.10. The first-order valence-corrected chi connectivity index (χ1v) is 8.81. The standard InChI is InChI=1S/C19H26N4O.2ClH/c1-19(2,3)17-14-23-16-7-5-4-6-15(16)20-18(23)22(17)9-8-21-10-12-24-13-11-21;;/h4-7,14H,8-13H2,1-3H3;2*1H. The predicted octanol–water partition coefficient (Wildman–Crippen LogP) is 3.76. The summed E-state index contributed by atoms with van der Waals surface area (Å²) in [7, 11) is 0. The molecule has 0 amide bonds. The zero-order valence-corrected chi connectivity index (χ0v) is 17.3. The summed E-state index contributed by atoms with van der Waals surface area (Å²) in [6.45, 7) is 12.6. The van der Waals surface area contributed by atoms with Crippen molar-refractivity contribution in [3.8, 4) is 0 Å². The first-order valence-electron chi connectivity index (χ1n) is 8.81. The van der Waals surface area contributed by atoms with Crippen LogP contribution in [0.15, 0.2) is 30.5 Å². The fraction of sp³-hybridized carbons (Fsp3) is 0.526. The molecule has 1 saturated heterocycles. The number of ether oxygens (including phenoxy) is 1. The Labute approximate surface area is 167 Å². The lowest BCUT2D eigenvalue weighted by atomic mass is 9.92. The second-order valence-electron chi connectivity index (χ2n) is 7.64. The largest absolute Gasteiger partial charge is 0.379 e. The summed E-state index contributed by atoms with van der Waals surface area (Å²) in [5, 5.41) is 0. The molecule has 144 valence electrons. The first kappa shape index (κ1) is 21.0. The quantitative estimate of drug-likeness (QED) is 0.673. The van der Waals surface area contributed by atoms with Gasteiger partial charge in [-0.15, -0.1) is 24.8 Å². The smallest absolute Gasteiger partial charge is 0.215 e. The minimum absolute atomic E-state index is 0. The van der Waals surface area contributed by atoms with Crippen LogP contribution < -0.4 is 0 Å². The van der Waals surface area contributed by atoms with Crippen LogP contribution in [-0.2, 0) is 16.7 Å². The van der Waals surface area contributed by atoms with Gasteiger partial charge in [0.2, 0.25) is 5.78 Å². The summed E-state index contributed by atoms with van der Waals surface area (Å²) in [5.74, 6) is 1.05. The molecule has 0 bridgehead atoms. The molecule has 1 aliphatic heterocycles. The molecule has 0 spiro atoms. The molecule has 5 nitrogen and oxygen atoms in total. The number of benzene rings is 1. The van der Waals surface area contributed by atoms with E-state index in [9.17, 15) is 0 Å². The summed E-state index contributed by atoms with van der Waals surface area (Å²) >= 11 is 0. The first-order chi connectivity index (χ1) is 11.5. The monoisotopic (exact) mass is 398 g/mol. The Balaban J connectivity index is 0.00000121. The van der Waals surface area contributed by atoms with Crippen LogP contribution in [-0.4, -0.2) is 51.7 Å². The molecule has 1 aliphatic rings. The van der Waals surface area contributed by atoms with E-state index in [2.05, 4.69) is 65.1 Å². The van der Waals surface area contributed by atoms with Gasteiger partial charge >= 0.3 is 0 Å². The summed E-state index contributed by atoms with van der Waals surface area (Å²) < 4.78 is 10.1. The minimum atomic E-state index is 0. The van der Waals surface area contributed by atoms with Crippen molar-refractivity contribution in [2.45, 2.75) is 32.7 Å². The van der Waals surface area contributed by atoms with Crippen LogP contribution in [0.2, 0.25) is 0 Å². The minimum Gasteiger partial charge on any atom is -0.379 e. The predicted molar refractivity (Wildman–Crippen MR) is 111 cm³/mol. The van der Waals surface area contributed by atoms with Crippen LogP contribution in [0.1, 0.15) is 26.5 Å². The molecule has 0 saturated carbocycles. The Morgan fingerprint density at radius 1 is 1.04 bits per heavy atom. The summed E-state index contributed by atoms with van der Waals surface area (Å²) in [4.78, 5) is 7.38. The molecular weight excluding hydrogens is 371 g/mol. The van der Waals surface area contributed by atoms with E-state index in [1.54, 1.807) is 0 Å². The average molecular weight is 399 g/mol. The second kappa shape index (κ2) is 8.17. The zero-order chi connectivity index (χ0) is 16.7. The van der Waals surface area contributed by atoms with Crippen LogP contribution in [0, 0.1) is 0 Å². The molecule has 2 aromatic heterocycles. The molecule has 3 heterocycles. The van der Waals surface area contributed by atoms with E-state index in [4.69, 9.17) is 9.72 Å². The number of rotatable bonds is 3. The van der Waals surface area contributed by atoms with Gasteiger partial charge < -0.3 is 9.30 Å². The van der Waals surface area contributed by atoms with Crippen LogP contribution in [0.25, 0.3) is 16.8 Å². The molecule has 1 aromatic carbocycles. The number of imidazole rings is 2. The van der Waals surface area contributed by atoms with Crippen LogP contribution in [0.5, 0.6) is 0 Å². The van der Waals surface area contributed by atoms with Crippen molar-refractivity contribution in [3.63, 3.8) is 0 Å². The van der Waals surface area contributed by atoms with Gasteiger partial charge in [-0.2, -0.15) is 0 Å². The maximum Gasteiger partial charge on any atom is 0.215 e. The Morgan fingerprint density at radius 3 is 2.42 bits per heavy atom. The number of hydrogen-bond acceptors (Lipinski definition) is 3. The number of nitrogens with zero attached hydrogens (tertiary/aromatic N) is 4. The van der Waals surface area contributed by atoms with Crippen molar-refractivity contribution in [3.05, 3.63) is 36.2 Å². The summed E-state index contributed by atoms with van der Waals surface area (Å²) in [6, 6.07) is 8.37. The number of aromatic nitrogens is 3. The highest BCUT2D eigenvalue weighted by atomic mass is 35.5. The number of para-hydroxylation sites is 2. The van der Waals surface area contributed by atoms with Gasteiger partial charge in [-0.25, -0.2) is 4.98 Å². The van der Waals surface area contributed by atoms with Gasteiger partial charge in [0.1, 0.15) is 0 Å². The van der Waals surface area contributed by atoms with Crippen LogP contribution >= 0.6 is 24.8 Å². The van der Waals surface area contributed by atoms with Gasteiger partial charge in [-0.3, -0.25) is 9.30 Å². The second-order valence-corrected chi connectivity index (χ2v) is 7.64. The summed E-state index contributed by atoms with van der Waals surface area (Å²) in [5.41, 5.74) is 3.67. The van der Waals surface area contributed by atoms with Crippen LogP contribution in [0.4, 0.5) is 0 Å². The Hall–Kier alpha value is -1.27. The SMILES string of the molecule is CC(C)(C)c1cn2c3ccccc3nc2n1CCN1CCOCC1.Cl.Cl. The molecular formula is C19H28Cl2N4O. The fourth-order valence-electron chi connectivity index (χ4n) is 3.53. The lowest BCUT2D eigenvalue weighted by Crippen LogP contribution is -2.38. The lowest BCUT2D eigenvalue weighted by Gasteiger charge is -2.28. The van der Waals surface area contributed by atoms with Gasteiger partial charge in [0.25, 0.3) is 0 Å². The highest BCUT2D eigenvalue weighted by Crippen LogP contribution is 2.27. The van der Waals surface area contributed by atoms with E-state index in [1.807, 2.05) is 0 Å². The van der Waals surface area contributed by atoms with Crippen molar-refractivity contribution in [2.75, 3.05) is 32.8 Å². The molecule has 0 N–H and O–H groups in total. The molecule has 4 rings (SSSR count). The molecule has 0 atom stereocenters. The zero-order valence-electron chi connectivity index (χ0n) is 15.6. The number of halogens is 2. The molecule has 0 radical (unpaired) electrons. The van der Waals surface area contributed by atoms with Crippen molar-refractivity contribution in [1.29, 1.82) is 0 Å². The number of morpholine rings is 1. The van der Waals surface area contributed by atoms with Gasteiger partial charge in [-0.05, 0) is 12.1 Å². The third-order valence-corrected chi connectivity index (χ3v) is 4.87. The molecule has 7 heteroatoms. The molecule has 0 unspecified atom stereocenters. The van der Waals surface area contributed by atoms with Crippen molar-refractivity contribution < 1.29 is 4.74 Å². The topological polar surface area (TPSA) is 34.7 Å². The van der Waals surface area contributed by atoms with Crippen molar-refractivity contribution >= 4 is 41.6 Å². The van der Waals surface area contributed by atoms with Gasteiger partial charge in [-0.1, -0.05) is 32.9 Å². The van der Waals surface area contributed by atoms with Gasteiger partial charge in [0, 0.05) is 43.5 Å². The molecule has 1 fully saturated rings. The van der Waals surface area contributed by atoms with E-state index in [-0.39, 0.29) is 30.2 Å². The van der Waals surface area contributed by atoms with Crippen molar-refractivity contribution in [2.24, 2.45) is 0 Å². The Kier molecular flexibility index (Phi) is 6.61. The Morgan fingerprint density at radius 2 is 1.73 bits per heavy atom. The highest BCUT2D eigenvalue weighted by Gasteiger charge is 2.23. The van der Waals surface area contributed by atoms with E-state index in [0.29, 0.717) is 0 Å². The third-order valence-electron chi connectivity index (χ3n) is 4.87. The normalized spacial score (nSPS) is 15.8. The van der Waals surface area contributed by atoms with Gasteiger partial charge in [0.05, 0.1) is 24.2 Å². The Bertz CT molecular complexity index is 860.